The molecule has 1 aromatic carbocycles. The van der Waals surface area contributed by atoms with Crippen molar-refractivity contribution in [1.29, 1.82) is 0 Å². The van der Waals surface area contributed by atoms with Crippen LogP contribution in [0.15, 0.2) is 52.3 Å². The fourth-order valence-corrected chi connectivity index (χ4v) is 4.48. The topological polar surface area (TPSA) is 82.2 Å². The zero-order valence-electron chi connectivity index (χ0n) is 19.5. The highest BCUT2D eigenvalue weighted by Gasteiger charge is 2.39. The fraction of sp³-hybridized carbons (Fsp3) is 0.250. The van der Waals surface area contributed by atoms with Crippen LogP contribution in [0.1, 0.15) is 18.4 Å². The summed E-state index contributed by atoms with van der Waals surface area (Å²) in [7, 11) is 1.19. The maximum Gasteiger partial charge on any atom is 0.340 e. The summed E-state index contributed by atoms with van der Waals surface area (Å²) >= 11 is 5.95. The van der Waals surface area contributed by atoms with Crippen LogP contribution in [0, 0.1) is 5.82 Å². The first kappa shape index (κ1) is 25.6. The zero-order chi connectivity index (χ0) is 27.4. The van der Waals surface area contributed by atoms with Gasteiger partial charge in [-0.2, -0.15) is 4.98 Å². The summed E-state index contributed by atoms with van der Waals surface area (Å²) in [4.78, 5) is 36.7. The minimum atomic E-state index is -2.97. The highest BCUT2D eigenvalue weighted by Crippen LogP contribution is 2.34. The van der Waals surface area contributed by atoms with Gasteiger partial charge in [0.15, 0.2) is 0 Å². The van der Waals surface area contributed by atoms with Gasteiger partial charge < -0.3 is 9.64 Å². The van der Waals surface area contributed by atoms with Crippen LogP contribution in [0.2, 0.25) is 5.02 Å². The van der Waals surface area contributed by atoms with Crippen LogP contribution in [-0.4, -0.2) is 45.2 Å². The maximum atomic E-state index is 14.0. The van der Waals surface area contributed by atoms with Crippen LogP contribution in [0.25, 0.3) is 22.3 Å². The number of rotatable bonds is 5. The van der Waals surface area contributed by atoms with Crippen molar-refractivity contribution in [3.8, 4) is 17.3 Å². The lowest BCUT2D eigenvalue weighted by atomic mass is 10.2. The Hall–Kier alpha value is -4.00. The highest BCUT2D eigenvalue weighted by atomic mass is 35.5. The number of alkyl halides is 4. The number of anilines is 1. The van der Waals surface area contributed by atoms with Crippen LogP contribution in [-0.2, 0) is 0 Å². The molecule has 8 nitrogen and oxygen atoms in total. The SMILES string of the molecule is COc1nc(N2CCC(F)(F)C2)cc2c1c(=O)n(-c1cncc(C(F)F)c1)c(=O)n2-c1ccc(F)c(Cl)c1. The van der Waals surface area contributed by atoms with Crippen LogP contribution < -0.4 is 20.9 Å². The summed E-state index contributed by atoms with van der Waals surface area (Å²) < 4.78 is 75.4. The molecule has 4 heterocycles. The number of nitrogens with zero attached hydrogens (tertiary/aromatic N) is 5. The largest absolute Gasteiger partial charge is 0.480 e. The molecule has 1 saturated heterocycles. The lowest BCUT2D eigenvalue weighted by molar-refractivity contribution is 0.0256. The van der Waals surface area contributed by atoms with Crippen molar-refractivity contribution in [3.63, 3.8) is 0 Å². The van der Waals surface area contributed by atoms with Gasteiger partial charge in [-0.05, 0) is 24.3 Å². The molecule has 0 radical (unpaired) electrons. The van der Waals surface area contributed by atoms with Gasteiger partial charge in [-0.15, -0.1) is 0 Å². The first-order valence-electron chi connectivity index (χ1n) is 11.1. The normalized spacial score (nSPS) is 15.0. The Morgan fingerprint density at radius 2 is 1.84 bits per heavy atom. The Kier molecular flexibility index (Phi) is 6.33. The van der Waals surface area contributed by atoms with Gasteiger partial charge in [0.1, 0.15) is 17.0 Å². The van der Waals surface area contributed by atoms with E-state index in [1.165, 1.54) is 24.1 Å². The van der Waals surface area contributed by atoms with E-state index in [9.17, 15) is 31.5 Å². The Balaban J connectivity index is 1.89. The first-order valence-corrected chi connectivity index (χ1v) is 11.5. The molecular weight excluding hydrogens is 537 g/mol. The van der Waals surface area contributed by atoms with Crippen molar-refractivity contribution >= 4 is 28.3 Å². The molecule has 0 unspecified atom stereocenters. The molecule has 0 spiro atoms. The van der Waals surface area contributed by atoms with Crippen molar-refractivity contribution in [1.82, 2.24) is 19.1 Å². The quantitative estimate of drug-likeness (QED) is 0.338. The second-order valence-corrected chi connectivity index (χ2v) is 8.95. The van der Waals surface area contributed by atoms with Crippen molar-refractivity contribution < 1.29 is 26.7 Å². The van der Waals surface area contributed by atoms with Crippen LogP contribution in [0.3, 0.4) is 0 Å². The Morgan fingerprint density at radius 1 is 1.08 bits per heavy atom. The molecule has 0 saturated carbocycles. The first-order chi connectivity index (χ1) is 18.0. The number of hydrogen-bond donors (Lipinski definition) is 0. The molecule has 0 amide bonds. The molecule has 14 heteroatoms. The number of pyridine rings is 2. The van der Waals surface area contributed by atoms with E-state index < -0.39 is 47.9 Å². The number of hydrogen-bond acceptors (Lipinski definition) is 6. The van der Waals surface area contributed by atoms with E-state index in [2.05, 4.69) is 9.97 Å². The van der Waals surface area contributed by atoms with E-state index in [0.29, 0.717) is 4.57 Å². The molecule has 1 aliphatic heterocycles. The predicted octanol–water partition coefficient (Wildman–Crippen LogP) is 4.52. The van der Waals surface area contributed by atoms with E-state index in [1.54, 1.807) is 0 Å². The van der Waals surface area contributed by atoms with E-state index in [0.717, 1.165) is 35.2 Å². The maximum absolute atomic E-state index is 14.0. The van der Waals surface area contributed by atoms with Gasteiger partial charge in [0.05, 0.1) is 41.8 Å². The molecule has 198 valence electrons. The molecule has 0 aliphatic carbocycles. The molecule has 4 aromatic rings. The van der Waals surface area contributed by atoms with Gasteiger partial charge in [0.2, 0.25) is 5.88 Å². The molecule has 0 bridgehead atoms. The summed E-state index contributed by atoms with van der Waals surface area (Å²) in [6.45, 7) is -0.700. The second-order valence-electron chi connectivity index (χ2n) is 8.55. The van der Waals surface area contributed by atoms with Gasteiger partial charge in [-0.25, -0.2) is 31.3 Å². The van der Waals surface area contributed by atoms with E-state index >= 15 is 0 Å². The van der Waals surface area contributed by atoms with Crippen molar-refractivity contribution in [2.75, 3.05) is 25.1 Å². The van der Waals surface area contributed by atoms with Crippen molar-refractivity contribution in [2.24, 2.45) is 0 Å². The zero-order valence-corrected chi connectivity index (χ0v) is 20.2. The second kappa shape index (κ2) is 9.39. The molecule has 3 aromatic heterocycles. The van der Waals surface area contributed by atoms with Crippen LogP contribution >= 0.6 is 11.6 Å². The van der Waals surface area contributed by atoms with Gasteiger partial charge in [-0.3, -0.25) is 14.3 Å². The van der Waals surface area contributed by atoms with E-state index in [1.807, 2.05) is 0 Å². The number of aromatic nitrogens is 4. The summed E-state index contributed by atoms with van der Waals surface area (Å²) in [5, 5.41) is -0.605. The average Bonchev–Trinajstić information content (AvgIpc) is 3.25. The number of fused-ring (bicyclic) bond motifs is 1. The molecule has 1 aliphatic rings. The summed E-state index contributed by atoms with van der Waals surface area (Å²) in [6, 6.07) is 5.51. The van der Waals surface area contributed by atoms with Gasteiger partial charge in [0, 0.05) is 30.8 Å². The van der Waals surface area contributed by atoms with Crippen molar-refractivity contribution in [3.05, 3.63) is 80.0 Å². The van der Waals surface area contributed by atoms with Crippen molar-refractivity contribution in [2.45, 2.75) is 18.8 Å². The third kappa shape index (κ3) is 4.36. The minimum absolute atomic E-state index is 0.00378. The minimum Gasteiger partial charge on any atom is -0.480 e. The lowest BCUT2D eigenvalue weighted by Gasteiger charge is -2.21. The lowest BCUT2D eigenvalue weighted by Crippen LogP contribution is -2.39. The number of methoxy groups -OCH3 is 1. The number of ether oxygens (including phenoxy) is 1. The Bertz CT molecular complexity index is 1690. The summed E-state index contributed by atoms with van der Waals surface area (Å²) in [6.07, 6.45) is -1.43. The summed E-state index contributed by atoms with van der Waals surface area (Å²) in [5.74, 6) is -4.05. The molecule has 38 heavy (non-hydrogen) atoms. The molecular formula is C24H17ClF5N5O3. The smallest absolute Gasteiger partial charge is 0.340 e. The average molecular weight is 554 g/mol. The predicted molar refractivity (Wildman–Crippen MR) is 129 cm³/mol. The standard InChI is InChI=1S/C24H17ClF5N5O3/c1-38-21-19-17(8-18(32-21)33-5-4-24(29,30)11-33)34(13-2-3-16(26)15(25)7-13)23(37)35(22(19)36)14-6-12(20(27)28)9-31-10-14/h2-3,6-10,20H,4-5,11H2,1H3. The number of benzene rings is 1. The van der Waals surface area contributed by atoms with Crippen LogP contribution in [0.5, 0.6) is 5.88 Å². The third-order valence-corrected chi connectivity index (χ3v) is 6.39. The Morgan fingerprint density at radius 3 is 2.47 bits per heavy atom. The summed E-state index contributed by atoms with van der Waals surface area (Å²) in [5.41, 5.74) is -2.93. The van der Waals surface area contributed by atoms with Crippen LogP contribution in [0.4, 0.5) is 27.8 Å². The molecule has 1 fully saturated rings. The van der Waals surface area contributed by atoms with Gasteiger partial charge >= 0.3 is 5.69 Å². The molecule has 0 N–H and O–H groups in total. The highest BCUT2D eigenvalue weighted by molar-refractivity contribution is 6.30. The number of halogens is 6. The fourth-order valence-electron chi connectivity index (χ4n) is 4.30. The Labute approximate surface area is 215 Å². The van der Waals surface area contributed by atoms with Gasteiger partial charge in [-0.1, -0.05) is 11.6 Å². The molecule has 5 rings (SSSR count). The van der Waals surface area contributed by atoms with E-state index in [4.69, 9.17) is 16.3 Å². The van der Waals surface area contributed by atoms with Gasteiger partial charge in [0.25, 0.3) is 17.9 Å². The third-order valence-electron chi connectivity index (χ3n) is 6.10. The monoisotopic (exact) mass is 553 g/mol. The molecule has 0 atom stereocenters. The van der Waals surface area contributed by atoms with E-state index in [-0.39, 0.29) is 45.5 Å².